The molecule has 0 fully saturated rings. The van der Waals surface area contributed by atoms with E-state index in [0.717, 1.165) is 0 Å². The van der Waals surface area contributed by atoms with Crippen molar-refractivity contribution in [2.24, 2.45) is 0 Å². The minimum Gasteiger partial charge on any atom is -0.299 e. The predicted molar refractivity (Wildman–Crippen MR) is 42.6 cm³/mol. The van der Waals surface area contributed by atoms with Crippen LogP contribution in [0, 0.1) is 0 Å². The second-order valence-electron chi connectivity index (χ2n) is 2.91. The number of Topliss-reactive ketones (excluding diaryl/α,β-unsaturated/α-hetero) is 2. The van der Waals surface area contributed by atoms with Crippen molar-refractivity contribution in [2.45, 2.75) is 26.2 Å². The van der Waals surface area contributed by atoms with E-state index in [0.29, 0.717) is 5.57 Å². The van der Waals surface area contributed by atoms with Gasteiger partial charge in [-0.3, -0.25) is 14.4 Å². The summed E-state index contributed by atoms with van der Waals surface area (Å²) in [6.07, 6.45) is 1.94. The lowest BCUT2D eigenvalue weighted by molar-refractivity contribution is -0.121. The van der Waals surface area contributed by atoms with Gasteiger partial charge in [-0.2, -0.15) is 0 Å². The van der Waals surface area contributed by atoms with Crippen molar-refractivity contribution in [2.75, 3.05) is 0 Å². The van der Waals surface area contributed by atoms with Crippen LogP contribution in [0.1, 0.15) is 26.2 Å². The smallest absolute Gasteiger partial charge is 0.156 e. The fourth-order valence-corrected chi connectivity index (χ4v) is 1.11. The van der Waals surface area contributed by atoms with E-state index in [1.54, 1.807) is 0 Å². The van der Waals surface area contributed by atoms with Gasteiger partial charge in [0.05, 0.1) is 0 Å². The van der Waals surface area contributed by atoms with Crippen molar-refractivity contribution in [1.29, 1.82) is 0 Å². The zero-order valence-electron chi connectivity index (χ0n) is 6.92. The molecule has 0 amide bonds. The Morgan fingerprint density at radius 1 is 1.33 bits per heavy atom. The third-order valence-electron chi connectivity index (χ3n) is 1.83. The third-order valence-corrected chi connectivity index (χ3v) is 1.83. The number of allylic oxidation sites excluding steroid dienone is 2. The summed E-state index contributed by atoms with van der Waals surface area (Å²) in [5.41, 5.74) is 0.350. The van der Waals surface area contributed by atoms with Crippen LogP contribution in [-0.2, 0) is 14.4 Å². The molecule has 3 heteroatoms. The minimum absolute atomic E-state index is 0.0256. The van der Waals surface area contributed by atoms with E-state index < -0.39 is 0 Å². The first kappa shape index (κ1) is 8.84. The number of hydrogen-bond donors (Lipinski definition) is 0. The molecule has 0 N–H and O–H groups in total. The molecule has 0 saturated heterocycles. The van der Waals surface area contributed by atoms with Crippen molar-refractivity contribution >= 4 is 17.3 Å². The van der Waals surface area contributed by atoms with Gasteiger partial charge in [0.15, 0.2) is 11.6 Å². The van der Waals surface area contributed by atoms with Crippen LogP contribution in [0.5, 0.6) is 0 Å². The number of carbonyl (C=O) groups excluding carboxylic acids is 3. The van der Waals surface area contributed by atoms with Gasteiger partial charge < -0.3 is 0 Å². The van der Waals surface area contributed by atoms with Crippen LogP contribution in [0.25, 0.3) is 0 Å². The number of carbonyl (C=O) groups is 3. The summed E-state index contributed by atoms with van der Waals surface area (Å²) in [5, 5.41) is 0. The Morgan fingerprint density at radius 3 is 2.58 bits per heavy atom. The van der Waals surface area contributed by atoms with Gasteiger partial charge in [-0.15, -0.1) is 0 Å². The second-order valence-corrected chi connectivity index (χ2v) is 2.91. The van der Waals surface area contributed by atoms with Crippen LogP contribution in [0.2, 0.25) is 0 Å². The highest BCUT2D eigenvalue weighted by Crippen LogP contribution is 2.12. The molecule has 0 heterocycles. The Balaban J connectivity index is 2.88. The standard InChI is InChI=1S/C9H10O3/c1-6(10)7-4-8(11)2-3-9(12)5-7/h4H,2-3,5H2,1H3. The molecule has 0 aromatic carbocycles. The van der Waals surface area contributed by atoms with Crippen molar-refractivity contribution in [3.8, 4) is 0 Å². The second kappa shape index (κ2) is 3.43. The van der Waals surface area contributed by atoms with E-state index in [4.69, 9.17) is 0 Å². The highest BCUT2D eigenvalue weighted by molar-refractivity contribution is 6.07. The molecule has 1 aliphatic rings. The molecule has 0 aromatic rings. The summed E-state index contributed by atoms with van der Waals surface area (Å²) >= 11 is 0. The Bertz CT molecular complexity index is 273. The first-order chi connectivity index (χ1) is 5.59. The van der Waals surface area contributed by atoms with Crippen LogP contribution < -0.4 is 0 Å². The predicted octanol–water partition coefficient (Wildman–Crippen LogP) is 0.824. The molecule has 0 radical (unpaired) electrons. The Hall–Kier alpha value is -1.25. The minimum atomic E-state index is -0.182. The van der Waals surface area contributed by atoms with Gasteiger partial charge in [-0.05, 0) is 13.0 Å². The zero-order valence-corrected chi connectivity index (χ0v) is 6.92. The molecule has 0 unspecified atom stereocenters. The topological polar surface area (TPSA) is 51.2 Å². The molecule has 0 bridgehead atoms. The van der Waals surface area contributed by atoms with Crippen LogP contribution in [0.3, 0.4) is 0 Å². The highest BCUT2D eigenvalue weighted by atomic mass is 16.1. The normalized spacial score (nSPS) is 18.6. The lowest BCUT2D eigenvalue weighted by atomic mass is 10.1. The molecule has 0 saturated carbocycles. The van der Waals surface area contributed by atoms with Gasteiger partial charge in [0.2, 0.25) is 0 Å². The molecule has 0 atom stereocenters. The summed E-state index contributed by atoms with van der Waals surface area (Å²) in [6.45, 7) is 1.37. The number of hydrogen-bond acceptors (Lipinski definition) is 3. The van der Waals surface area contributed by atoms with Crippen LogP contribution in [0.4, 0.5) is 0 Å². The van der Waals surface area contributed by atoms with E-state index in [2.05, 4.69) is 0 Å². The Morgan fingerprint density at radius 2 is 2.00 bits per heavy atom. The molecule has 3 nitrogen and oxygen atoms in total. The van der Waals surface area contributed by atoms with Gasteiger partial charge in [0.25, 0.3) is 0 Å². The molecule has 64 valence electrons. The van der Waals surface area contributed by atoms with Crippen molar-refractivity contribution in [3.63, 3.8) is 0 Å². The fourth-order valence-electron chi connectivity index (χ4n) is 1.11. The van der Waals surface area contributed by atoms with Crippen molar-refractivity contribution in [3.05, 3.63) is 11.6 Å². The Kier molecular flexibility index (Phi) is 2.53. The lowest BCUT2D eigenvalue weighted by Gasteiger charge is -1.95. The maximum absolute atomic E-state index is 11.0. The van der Waals surface area contributed by atoms with Crippen LogP contribution in [0.15, 0.2) is 11.6 Å². The molecule has 12 heavy (non-hydrogen) atoms. The van der Waals surface area contributed by atoms with Gasteiger partial charge >= 0.3 is 0 Å². The largest absolute Gasteiger partial charge is 0.299 e. The number of ketones is 3. The molecule has 0 spiro atoms. The maximum atomic E-state index is 11.0. The molecular weight excluding hydrogens is 156 g/mol. The van der Waals surface area contributed by atoms with Crippen LogP contribution in [-0.4, -0.2) is 17.3 Å². The SMILES string of the molecule is CC(=O)C1=CC(=O)CCC(=O)C1. The summed E-state index contributed by atoms with van der Waals surface area (Å²) in [7, 11) is 0. The van der Waals surface area contributed by atoms with Gasteiger partial charge in [-0.25, -0.2) is 0 Å². The lowest BCUT2D eigenvalue weighted by Crippen LogP contribution is -2.02. The van der Waals surface area contributed by atoms with E-state index in [-0.39, 0.29) is 36.6 Å². The van der Waals surface area contributed by atoms with E-state index in [1.807, 2.05) is 0 Å². The first-order valence-electron chi connectivity index (χ1n) is 3.85. The van der Waals surface area contributed by atoms with Gasteiger partial charge in [0, 0.05) is 24.8 Å². The van der Waals surface area contributed by atoms with E-state index in [1.165, 1.54) is 13.0 Å². The van der Waals surface area contributed by atoms with E-state index in [9.17, 15) is 14.4 Å². The van der Waals surface area contributed by atoms with Crippen LogP contribution >= 0.6 is 0 Å². The van der Waals surface area contributed by atoms with Crippen molar-refractivity contribution < 1.29 is 14.4 Å². The quantitative estimate of drug-likeness (QED) is 0.579. The van der Waals surface area contributed by atoms with Gasteiger partial charge in [0.1, 0.15) is 5.78 Å². The zero-order chi connectivity index (χ0) is 9.14. The molecule has 1 rings (SSSR count). The Labute approximate surface area is 70.4 Å². The molecular formula is C9H10O3. The first-order valence-corrected chi connectivity index (χ1v) is 3.85. The average Bonchev–Trinajstić information content (AvgIpc) is 2.13. The third kappa shape index (κ3) is 2.12. The van der Waals surface area contributed by atoms with E-state index >= 15 is 0 Å². The molecule has 1 aliphatic carbocycles. The molecule has 0 aromatic heterocycles. The molecule has 0 aliphatic heterocycles. The summed E-state index contributed by atoms with van der Waals surface area (Å²) in [4.78, 5) is 32.8. The summed E-state index contributed by atoms with van der Waals surface area (Å²) in [6, 6.07) is 0. The summed E-state index contributed by atoms with van der Waals surface area (Å²) < 4.78 is 0. The van der Waals surface area contributed by atoms with Gasteiger partial charge in [-0.1, -0.05) is 0 Å². The highest BCUT2D eigenvalue weighted by Gasteiger charge is 2.16. The van der Waals surface area contributed by atoms with Crippen molar-refractivity contribution in [1.82, 2.24) is 0 Å². The summed E-state index contributed by atoms with van der Waals surface area (Å²) in [5.74, 6) is -0.327. The maximum Gasteiger partial charge on any atom is 0.156 e. The average molecular weight is 166 g/mol. The monoisotopic (exact) mass is 166 g/mol. The fraction of sp³-hybridized carbons (Fsp3) is 0.444. The number of rotatable bonds is 1.